The zero-order chi connectivity index (χ0) is 27.4. The number of hydrogen-bond acceptors (Lipinski definition) is 4. The third-order valence-electron chi connectivity index (χ3n) is 7.82. The van der Waals surface area contributed by atoms with Gasteiger partial charge >= 0.3 is 11.9 Å². The van der Waals surface area contributed by atoms with Gasteiger partial charge in [-0.25, -0.2) is 9.59 Å². The lowest BCUT2D eigenvalue weighted by Crippen LogP contribution is -2.12. The van der Waals surface area contributed by atoms with Crippen LogP contribution in [0.15, 0.2) is 97.1 Å². The summed E-state index contributed by atoms with van der Waals surface area (Å²) in [6.07, 6.45) is 0. The van der Waals surface area contributed by atoms with Gasteiger partial charge in [0.15, 0.2) is 0 Å². The maximum Gasteiger partial charge on any atom is 0.338 e. The van der Waals surface area contributed by atoms with Gasteiger partial charge in [-0.2, -0.15) is 0 Å². The average Bonchev–Trinajstić information content (AvgIpc) is 2.97. The molecule has 0 saturated heterocycles. The van der Waals surface area contributed by atoms with Crippen molar-refractivity contribution in [2.45, 2.75) is 13.8 Å². The van der Waals surface area contributed by atoms with Crippen molar-refractivity contribution in [1.82, 2.24) is 0 Å². The fraction of sp³-hybridized carbons (Fsp3) is 0.111. The molecule has 0 saturated carbocycles. The Morgan fingerprint density at radius 2 is 0.825 bits per heavy atom. The number of ether oxygens (including phenoxy) is 2. The monoisotopic (exact) mass is 522 g/mol. The van der Waals surface area contributed by atoms with Gasteiger partial charge in [0.05, 0.1) is 24.3 Å². The molecule has 194 valence electrons. The van der Waals surface area contributed by atoms with Crippen LogP contribution in [-0.2, 0) is 9.47 Å². The van der Waals surface area contributed by atoms with Crippen LogP contribution in [0.3, 0.4) is 0 Å². The fourth-order valence-corrected chi connectivity index (χ4v) is 5.95. The minimum Gasteiger partial charge on any atom is -0.462 e. The summed E-state index contributed by atoms with van der Waals surface area (Å²) in [5.41, 5.74) is 3.82. The van der Waals surface area contributed by atoms with Gasteiger partial charge in [0.25, 0.3) is 0 Å². The van der Waals surface area contributed by atoms with Crippen LogP contribution in [0.1, 0.15) is 34.6 Å². The van der Waals surface area contributed by atoms with Crippen molar-refractivity contribution in [3.8, 4) is 22.3 Å². The van der Waals surface area contributed by atoms with Crippen molar-refractivity contribution in [1.29, 1.82) is 0 Å². The van der Waals surface area contributed by atoms with Crippen LogP contribution in [-0.4, -0.2) is 25.2 Å². The number of benzene rings is 5. The molecule has 2 aliphatic carbocycles. The number of fused-ring (bicyclic) bond motifs is 4. The van der Waals surface area contributed by atoms with E-state index in [4.69, 9.17) is 9.47 Å². The molecule has 0 fully saturated rings. The largest absolute Gasteiger partial charge is 0.462 e. The van der Waals surface area contributed by atoms with Crippen LogP contribution < -0.4 is 0 Å². The molecule has 5 aromatic carbocycles. The van der Waals surface area contributed by atoms with Crippen molar-refractivity contribution in [2.75, 3.05) is 13.2 Å². The molecule has 4 nitrogen and oxygen atoms in total. The molecule has 4 heteroatoms. The summed E-state index contributed by atoms with van der Waals surface area (Å²) in [6, 6.07) is 32.5. The molecule has 0 atom stereocenters. The maximum atomic E-state index is 13.4. The molecule has 0 spiro atoms. The number of carbonyl (C=O) groups excluding carboxylic acids is 2. The molecule has 0 heterocycles. The van der Waals surface area contributed by atoms with Crippen molar-refractivity contribution in [3.63, 3.8) is 0 Å². The Kier molecular flexibility index (Phi) is 5.64. The predicted molar refractivity (Wildman–Crippen MR) is 153 cm³/mol. The van der Waals surface area contributed by atoms with Gasteiger partial charge in [-0.15, -0.1) is 0 Å². The zero-order valence-electron chi connectivity index (χ0n) is 22.3. The van der Waals surface area contributed by atoms with E-state index in [0.717, 1.165) is 21.6 Å². The van der Waals surface area contributed by atoms with Gasteiger partial charge < -0.3 is 9.47 Å². The van der Waals surface area contributed by atoms with Gasteiger partial charge in [-0.1, -0.05) is 72.8 Å². The second-order valence-electron chi connectivity index (χ2n) is 10.00. The number of esters is 2. The van der Waals surface area contributed by atoms with Gasteiger partial charge in [0.1, 0.15) is 0 Å². The molecular formula is C36H26O4. The molecule has 0 N–H and O–H groups in total. The van der Waals surface area contributed by atoms with Gasteiger partial charge in [0, 0.05) is 0 Å². The van der Waals surface area contributed by atoms with E-state index in [-0.39, 0.29) is 13.2 Å². The Morgan fingerprint density at radius 3 is 1.20 bits per heavy atom. The fourth-order valence-electron chi connectivity index (χ4n) is 5.95. The van der Waals surface area contributed by atoms with Crippen molar-refractivity contribution in [3.05, 3.63) is 150 Å². The van der Waals surface area contributed by atoms with E-state index in [1.807, 2.05) is 36.4 Å². The Balaban J connectivity index is 1.48. The Morgan fingerprint density at radius 1 is 0.475 bits per heavy atom. The molecule has 5 aromatic rings. The van der Waals surface area contributed by atoms with Crippen LogP contribution in [0, 0.1) is 41.7 Å². The Hall–Kier alpha value is -4.96. The quantitative estimate of drug-likeness (QED) is 0.218. The highest BCUT2D eigenvalue weighted by Gasteiger charge is 2.23. The highest BCUT2D eigenvalue weighted by Crippen LogP contribution is 2.35. The second-order valence-corrected chi connectivity index (χ2v) is 10.00. The van der Waals surface area contributed by atoms with E-state index in [2.05, 4.69) is 48.5 Å². The summed E-state index contributed by atoms with van der Waals surface area (Å²) in [7, 11) is 0. The van der Waals surface area contributed by atoms with Crippen molar-refractivity contribution < 1.29 is 19.1 Å². The molecule has 0 bridgehead atoms. The summed E-state index contributed by atoms with van der Waals surface area (Å²) in [4.78, 5) is 26.7. The molecule has 0 radical (unpaired) electrons. The molecule has 7 rings (SSSR count). The molecule has 0 amide bonds. The second kappa shape index (κ2) is 9.35. The maximum absolute atomic E-state index is 13.4. The van der Waals surface area contributed by atoms with Crippen molar-refractivity contribution in [2.24, 2.45) is 0 Å². The highest BCUT2D eigenvalue weighted by atomic mass is 16.5. The van der Waals surface area contributed by atoms with E-state index in [1.165, 1.54) is 31.3 Å². The molecule has 0 aromatic heterocycles. The SMILES string of the molecule is CCOC(=O)c1cc(-c2ccc3c(c2)=c2ccccc2=3)c(C(=O)OCC)cc1-c1ccc2c(c1)=c1ccccc1=2. The first kappa shape index (κ1) is 24.1. The van der Waals surface area contributed by atoms with Gasteiger partial charge in [-0.05, 0) is 102 Å². The van der Waals surface area contributed by atoms with Crippen molar-refractivity contribution >= 4 is 11.9 Å². The third-order valence-corrected chi connectivity index (χ3v) is 7.82. The number of carbonyl (C=O) groups is 2. The zero-order valence-corrected chi connectivity index (χ0v) is 22.3. The van der Waals surface area contributed by atoms with Crippen LogP contribution in [0.4, 0.5) is 0 Å². The molecule has 2 aliphatic rings. The first-order chi connectivity index (χ1) is 19.6. The van der Waals surface area contributed by atoms with E-state index in [9.17, 15) is 9.59 Å². The smallest absolute Gasteiger partial charge is 0.338 e. The standard InChI is InChI=1S/C36H26O4/c1-3-39-35(37)33-19-30(22-14-16-28-24-10-6-8-12-26(24)32(28)18-22)34(36(38)40-4-2)20-29(33)21-13-15-27-23-9-5-7-11-25(23)31(27)17-21/h5-20H,3-4H2,1-2H3. The average molecular weight is 523 g/mol. The summed E-state index contributed by atoms with van der Waals surface area (Å²) >= 11 is 0. The highest BCUT2D eigenvalue weighted by molar-refractivity contribution is 6.05. The molecule has 0 aliphatic heterocycles. The molecular weight excluding hydrogens is 496 g/mol. The Labute approximate surface area is 230 Å². The van der Waals surface area contributed by atoms with E-state index in [1.54, 1.807) is 26.0 Å². The summed E-state index contributed by atoms with van der Waals surface area (Å²) in [5, 5.41) is 9.43. The molecule has 0 unspecified atom stereocenters. The first-order valence-electron chi connectivity index (χ1n) is 13.6. The minimum absolute atomic E-state index is 0.250. The van der Waals surface area contributed by atoms with Crippen LogP contribution in [0.25, 0.3) is 22.3 Å². The lowest BCUT2D eigenvalue weighted by Gasteiger charge is -2.17. The topological polar surface area (TPSA) is 52.6 Å². The van der Waals surface area contributed by atoms with Gasteiger partial charge in [-0.3, -0.25) is 0 Å². The Bertz CT molecular complexity index is 2120. The van der Waals surface area contributed by atoms with E-state index < -0.39 is 11.9 Å². The van der Waals surface area contributed by atoms with Gasteiger partial charge in [0.2, 0.25) is 0 Å². The number of hydrogen-bond donors (Lipinski definition) is 0. The summed E-state index contributed by atoms with van der Waals surface area (Å²) in [6.45, 7) is 4.09. The lowest BCUT2D eigenvalue weighted by molar-refractivity contribution is 0.0513. The summed E-state index contributed by atoms with van der Waals surface area (Å²) < 4.78 is 11.0. The minimum atomic E-state index is -0.425. The first-order valence-corrected chi connectivity index (χ1v) is 13.6. The predicted octanol–water partition coefficient (Wildman–Crippen LogP) is 7.15. The van der Waals surface area contributed by atoms with Crippen LogP contribution in [0.5, 0.6) is 0 Å². The molecule has 40 heavy (non-hydrogen) atoms. The van der Waals surface area contributed by atoms with E-state index >= 15 is 0 Å². The normalized spacial score (nSPS) is 11.7. The van der Waals surface area contributed by atoms with Crippen LogP contribution >= 0.6 is 0 Å². The third kappa shape index (κ3) is 3.60. The number of rotatable bonds is 6. The van der Waals surface area contributed by atoms with E-state index in [0.29, 0.717) is 22.3 Å². The summed E-state index contributed by atoms with van der Waals surface area (Å²) in [5.74, 6) is -0.849. The lowest BCUT2D eigenvalue weighted by atomic mass is 9.88. The van der Waals surface area contributed by atoms with Crippen LogP contribution in [0.2, 0.25) is 0 Å².